The van der Waals surface area contributed by atoms with Crippen molar-refractivity contribution >= 4 is 45.0 Å². The maximum absolute atomic E-state index is 12.5. The number of methoxy groups -OCH3 is 1. The first kappa shape index (κ1) is 20.6. The maximum atomic E-state index is 12.5. The van der Waals surface area contributed by atoms with Crippen molar-refractivity contribution in [2.45, 2.75) is 22.8 Å². The number of hydrogen-bond donors (Lipinski definition) is 2. The van der Waals surface area contributed by atoms with Crippen molar-refractivity contribution in [1.82, 2.24) is 4.72 Å². The van der Waals surface area contributed by atoms with Gasteiger partial charge < -0.3 is 10.1 Å². The molecular weight excluding hydrogens is 396 g/mol. The minimum atomic E-state index is -3.91. The summed E-state index contributed by atoms with van der Waals surface area (Å²) in [4.78, 5) is 13.2. The molecule has 2 rings (SSSR count). The maximum Gasteiger partial charge on any atom is 0.242 e. The zero-order valence-corrected chi connectivity index (χ0v) is 16.8. The summed E-state index contributed by atoms with van der Waals surface area (Å²) in [6.45, 7) is 1.47. The molecule has 0 bridgehead atoms. The average molecular weight is 415 g/mol. The highest BCUT2D eigenvalue weighted by Gasteiger charge is 2.23. The number of nitrogens with one attached hydrogen (secondary N) is 2. The molecule has 0 unspecified atom stereocenters. The predicted molar refractivity (Wildman–Crippen MR) is 105 cm³/mol. The van der Waals surface area contributed by atoms with Crippen molar-refractivity contribution < 1.29 is 17.9 Å². The molecule has 0 radical (unpaired) electrons. The normalized spacial score (nSPS) is 12.5. The molecule has 0 aliphatic heterocycles. The topological polar surface area (TPSA) is 84.5 Å². The molecule has 1 amide bonds. The van der Waals surface area contributed by atoms with Crippen LogP contribution in [0.5, 0.6) is 5.75 Å². The van der Waals surface area contributed by atoms with Gasteiger partial charge in [0.2, 0.25) is 15.9 Å². The molecule has 140 valence electrons. The Morgan fingerprint density at radius 3 is 2.58 bits per heavy atom. The number of ether oxygens (including phenoxy) is 1. The van der Waals surface area contributed by atoms with Crippen molar-refractivity contribution in [2.75, 3.05) is 18.7 Å². The van der Waals surface area contributed by atoms with Crippen molar-refractivity contribution in [2.24, 2.45) is 0 Å². The van der Waals surface area contributed by atoms with Crippen LogP contribution in [-0.4, -0.2) is 33.7 Å². The van der Waals surface area contributed by atoms with E-state index in [1.54, 1.807) is 17.8 Å². The van der Waals surface area contributed by atoms with Gasteiger partial charge in [-0.25, -0.2) is 8.42 Å². The minimum Gasteiger partial charge on any atom is -0.495 e. The third kappa shape index (κ3) is 5.14. The van der Waals surface area contributed by atoms with Crippen LogP contribution in [0.3, 0.4) is 0 Å². The van der Waals surface area contributed by atoms with Gasteiger partial charge in [0.1, 0.15) is 5.75 Å². The quantitative estimate of drug-likeness (QED) is 0.678. The van der Waals surface area contributed by atoms with Crippen LogP contribution in [0.4, 0.5) is 5.69 Å². The molecule has 0 heterocycles. The lowest BCUT2D eigenvalue weighted by molar-refractivity contribution is -0.117. The Morgan fingerprint density at radius 1 is 1.23 bits per heavy atom. The van der Waals surface area contributed by atoms with Crippen LogP contribution >= 0.6 is 23.4 Å². The van der Waals surface area contributed by atoms with E-state index in [2.05, 4.69) is 10.0 Å². The molecule has 0 saturated heterocycles. The molecule has 0 aromatic heterocycles. The number of hydrogen-bond acceptors (Lipinski definition) is 5. The lowest BCUT2D eigenvalue weighted by Crippen LogP contribution is -2.41. The van der Waals surface area contributed by atoms with E-state index >= 15 is 0 Å². The van der Waals surface area contributed by atoms with E-state index in [-0.39, 0.29) is 9.92 Å². The summed E-state index contributed by atoms with van der Waals surface area (Å²) in [6.07, 6.45) is 1.93. The third-order valence-corrected chi connectivity index (χ3v) is 6.06. The Labute approximate surface area is 162 Å². The Hall–Kier alpha value is -1.74. The number of amides is 1. The van der Waals surface area contributed by atoms with Crippen molar-refractivity contribution in [3.63, 3.8) is 0 Å². The van der Waals surface area contributed by atoms with Gasteiger partial charge in [-0.15, -0.1) is 11.8 Å². The van der Waals surface area contributed by atoms with Gasteiger partial charge in [0.15, 0.2) is 0 Å². The van der Waals surface area contributed by atoms with Crippen molar-refractivity contribution in [3.8, 4) is 5.75 Å². The Morgan fingerprint density at radius 2 is 1.96 bits per heavy atom. The van der Waals surface area contributed by atoms with Crippen LogP contribution in [0.1, 0.15) is 6.92 Å². The number of anilines is 1. The number of rotatable bonds is 7. The summed E-state index contributed by atoms with van der Waals surface area (Å²) in [5.41, 5.74) is 0.598. The Balaban J connectivity index is 2.10. The molecule has 2 N–H and O–H groups in total. The first-order valence-corrected chi connectivity index (χ1v) is 10.7. The lowest BCUT2D eigenvalue weighted by atomic mass is 10.3. The fourth-order valence-corrected chi connectivity index (χ4v) is 4.13. The molecule has 0 aliphatic carbocycles. The van der Waals surface area contributed by atoms with E-state index in [1.807, 2.05) is 24.5 Å². The second-order valence-electron chi connectivity index (χ2n) is 5.36. The van der Waals surface area contributed by atoms with Crippen molar-refractivity contribution in [3.05, 3.63) is 47.5 Å². The molecule has 1 atom stereocenters. The van der Waals surface area contributed by atoms with E-state index in [4.69, 9.17) is 16.3 Å². The molecule has 9 heteroatoms. The number of sulfonamides is 1. The highest BCUT2D eigenvalue weighted by Crippen LogP contribution is 2.27. The fourth-order valence-electron chi connectivity index (χ4n) is 2.12. The first-order chi connectivity index (χ1) is 12.3. The Bertz CT molecular complexity index is 903. The zero-order valence-electron chi connectivity index (χ0n) is 14.4. The van der Waals surface area contributed by atoms with E-state index in [0.29, 0.717) is 11.4 Å². The van der Waals surface area contributed by atoms with Crippen LogP contribution in [0.25, 0.3) is 0 Å². The summed E-state index contributed by atoms with van der Waals surface area (Å²) in [5, 5.41) is 2.86. The largest absolute Gasteiger partial charge is 0.495 e. The van der Waals surface area contributed by atoms with Crippen LogP contribution in [0.2, 0.25) is 5.02 Å². The highest BCUT2D eigenvalue weighted by atomic mass is 35.5. The van der Waals surface area contributed by atoms with E-state index in [9.17, 15) is 13.2 Å². The van der Waals surface area contributed by atoms with Crippen LogP contribution in [-0.2, 0) is 14.8 Å². The van der Waals surface area contributed by atoms with Gasteiger partial charge in [0, 0.05) is 10.6 Å². The van der Waals surface area contributed by atoms with Crippen LogP contribution in [0, 0.1) is 0 Å². The van der Waals surface area contributed by atoms with Gasteiger partial charge in [-0.05, 0) is 49.6 Å². The standard InChI is InChI=1S/C17H19ClN2O4S2/c1-11(17(21)19-12-5-4-6-13(9-12)25-3)20-26(22,23)14-7-8-16(24-2)15(18)10-14/h4-11,20H,1-3H3,(H,19,21)/t11-/m0/s1. The van der Waals surface area contributed by atoms with E-state index < -0.39 is 22.0 Å². The van der Waals surface area contributed by atoms with Gasteiger partial charge in [0.05, 0.1) is 23.1 Å². The summed E-state index contributed by atoms with van der Waals surface area (Å²) < 4.78 is 32.3. The second-order valence-corrected chi connectivity index (χ2v) is 8.36. The van der Waals surface area contributed by atoms with Crippen LogP contribution in [0.15, 0.2) is 52.3 Å². The molecular formula is C17H19ClN2O4S2. The Kier molecular flexibility index (Phi) is 6.94. The fraction of sp³-hybridized carbons (Fsp3) is 0.235. The monoisotopic (exact) mass is 414 g/mol. The molecule has 0 spiro atoms. The molecule has 0 saturated carbocycles. The van der Waals surface area contributed by atoms with Gasteiger partial charge in [0.25, 0.3) is 0 Å². The summed E-state index contributed by atoms with van der Waals surface area (Å²) >= 11 is 7.52. The molecule has 0 aliphatic rings. The van der Waals surface area contributed by atoms with Gasteiger partial charge in [-0.3, -0.25) is 4.79 Å². The van der Waals surface area contributed by atoms with Gasteiger partial charge in [-0.2, -0.15) is 4.72 Å². The molecule has 26 heavy (non-hydrogen) atoms. The predicted octanol–water partition coefficient (Wildman–Crippen LogP) is 3.38. The molecule has 2 aromatic carbocycles. The smallest absolute Gasteiger partial charge is 0.242 e. The summed E-state index contributed by atoms with van der Waals surface area (Å²) in [7, 11) is -2.48. The van der Waals surface area contributed by atoms with E-state index in [1.165, 1.54) is 32.2 Å². The average Bonchev–Trinajstić information content (AvgIpc) is 2.61. The zero-order chi connectivity index (χ0) is 19.3. The lowest BCUT2D eigenvalue weighted by Gasteiger charge is -2.15. The SMILES string of the molecule is COc1ccc(S(=O)(=O)N[C@@H](C)C(=O)Nc2cccc(SC)c2)cc1Cl. The van der Waals surface area contributed by atoms with Gasteiger partial charge >= 0.3 is 0 Å². The minimum absolute atomic E-state index is 0.0488. The van der Waals surface area contributed by atoms with Crippen LogP contribution < -0.4 is 14.8 Å². The van der Waals surface area contributed by atoms with E-state index in [0.717, 1.165) is 4.90 Å². The van der Waals surface area contributed by atoms with Gasteiger partial charge in [-0.1, -0.05) is 17.7 Å². The summed E-state index contributed by atoms with van der Waals surface area (Å²) in [5.74, 6) is -0.100. The number of thioether (sulfide) groups is 1. The second kappa shape index (κ2) is 8.77. The number of carbonyl (C=O) groups excluding carboxylic acids is 1. The molecule has 2 aromatic rings. The highest BCUT2D eigenvalue weighted by molar-refractivity contribution is 7.98. The summed E-state index contributed by atoms with van der Waals surface area (Å²) in [6, 6.07) is 10.4. The van der Waals surface area contributed by atoms with Crippen molar-refractivity contribution in [1.29, 1.82) is 0 Å². The first-order valence-electron chi connectivity index (χ1n) is 7.57. The number of benzene rings is 2. The number of carbonyl (C=O) groups is 1. The third-order valence-electron chi connectivity index (χ3n) is 3.50. The molecule has 0 fully saturated rings. The number of halogens is 1. The molecule has 6 nitrogen and oxygen atoms in total.